The number of aromatic nitrogens is 4. The molecule has 0 unspecified atom stereocenters. The molecule has 6 amide bonds. The van der Waals surface area contributed by atoms with E-state index >= 15 is 0 Å². The lowest BCUT2D eigenvalue weighted by molar-refractivity contribution is 0.0322. The van der Waals surface area contributed by atoms with Crippen molar-refractivity contribution in [2.45, 2.75) is 62.2 Å². The number of sulfonamides is 2. The number of nitrogens with zero attached hydrogens (tertiary/aromatic N) is 6. The smallest absolute Gasteiger partial charge is 0.324 e. The summed E-state index contributed by atoms with van der Waals surface area (Å²) < 4.78 is 80.7. The Morgan fingerprint density at radius 1 is 0.469 bits per heavy atom. The van der Waals surface area contributed by atoms with Gasteiger partial charge in [-0.2, -0.15) is 10.2 Å². The van der Waals surface area contributed by atoms with Crippen LogP contribution in [0.15, 0.2) is 192 Å². The predicted molar refractivity (Wildman–Crippen MR) is 368 cm³/mol. The van der Waals surface area contributed by atoms with Gasteiger partial charge < -0.3 is 29.6 Å². The van der Waals surface area contributed by atoms with Crippen LogP contribution >= 0.6 is 0 Å². The zero-order chi connectivity index (χ0) is 68.0. The van der Waals surface area contributed by atoms with Crippen molar-refractivity contribution in [1.29, 1.82) is 0 Å². The fourth-order valence-corrected chi connectivity index (χ4v) is 12.2. The summed E-state index contributed by atoms with van der Waals surface area (Å²) in [6.45, 7) is 21.3. The summed E-state index contributed by atoms with van der Waals surface area (Å²) >= 11 is 0. The van der Waals surface area contributed by atoms with E-state index in [1.54, 1.807) is 106 Å². The molecule has 7 aromatic carbocycles. The molecule has 0 saturated carbocycles. The molecule has 0 atom stereocenters. The Kier molecular flexibility index (Phi) is 22.0. The number of fused-ring (bicyclic) bond motifs is 1. The average Bonchev–Trinajstić information content (AvgIpc) is 1.74. The van der Waals surface area contributed by atoms with Crippen LogP contribution in [-0.2, 0) is 40.4 Å². The molecule has 6 N–H and O–H groups in total. The molecule has 24 nitrogen and oxygen atoms in total. The van der Waals surface area contributed by atoms with E-state index in [0.29, 0.717) is 53.3 Å². The van der Waals surface area contributed by atoms with Crippen molar-refractivity contribution >= 4 is 77.7 Å². The van der Waals surface area contributed by atoms with E-state index in [1.165, 1.54) is 48.5 Å². The van der Waals surface area contributed by atoms with Gasteiger partial charge in [0.05, 0.1) is 64.7 Å². The zero-order valence-corrected chi connectivity index (χ0v) is 55.8. The predicted octanol–water partition coefficient (Wildman–Crippen LogP) is 10.4. The SMILES string of the molecule is CC(C)(C)c1cc(NC(=O)Nc2ccc(OCCN3CCOCC3)c3ccccc23)n(-c2ccc(C(=O)NS(=O)(=O)c3ccccc3)cc2)n1.CC(C)(C)c1cc(NC(=O)Nc2ccc(OCCN3CCOCC3)cc2)n(-c2ccc(C(=O)NS(=O)(=O)c3ccccc3)cc2)n1. The summed E-state index contributed by atoms with van der Waals surface area (Å²) in [5.74, 6) is 0.731. The fraction of sp³-hybridized carbons (Fsp3) is 0.286. The van der Waals surface area contributed by atoms with E-state index in [2.05, 4.69) is 40.5 Å². The van der Waals surface area contributed by atoms with Crippen LogP contribution in [0.3, 0.4) is 0 Å². The summed E-state index contributed by atoms with van der Waals surface area (Å²) in [5, 5.41) is 22.8. The average molecular weight is 1340 g/mol. The normalized spacial score (nSPS) is 13.9. The number of amides is 6. The lowest BCUT2D eigenvalue weighted by Crippen LogP contribution is -2.38. The highest BCUT2D eigenvalue weighted by molar-refractivity contribution is 7.90. The second kappa shape index (κ2) is 30.6. The van der Waals surface area contributed by atoms with Gasteiger partial charge in [-0.05, 0) is 109 Å². The van der Waals surface area contributed by atoms with E-state index < -0.39 is 43.9 Å². The summed E-state index contributed by atoms with van der Waals surface area (Å²) in [6.07, 6.45) is 0. The second-order valence-electron chi connectivity index (χ2n) is 24.7. The number of carbonyl (C=O) groups is 4. The zero-order valence-electron chi connectivity index (χ0n) is 54.2. The molecule has 9 aromatic rings. The highest BCUT2D eigenvalue weighted by Gasteiger charge is 2.26. The number of carbonyl (C=O) groups excluding carboxylic acids is 4. The Balaban J connectivity index is 0.000000210. The lowest BCUT2D eigenvalue weighted by Gasteiger charge is -2.26. The lowest BCUT2D eigenvalue weighted by atomic mass is 9.92. The van der Waals surface area contributed by atoms with Gasteiger partial charge in [0, 0.05) is 89.8 Å². The Labute approximate surface area is 558 Å². The number of benzene rings is 7. The number of morpholine rings is 2. The summed E-state index contributed by atoms with van der Waals surface area (Å²) in [6, 6.07) is 49.1. The molecule has 96 heavy (non-hydrogen) atoms. The minimum Gasteiger partial charge on any atom is -0.492 e. The molecular weight excluding hydrogens is 1260 g/mol. The van der Waals surface area contributed by atoms with Crippen molar-refractivity contribution in [3.05, 3.63) is 205 Å². The molecule has 0 bridgehead atoms. The van der Waals surface area contributed by atoms with Gasteiger partial charge in [0.15, 0.2) is 0 Å². The Bertz CT molecular complexity index is 4400. The molecule has 11 rings (SSSR count). The van der Waals surface area contributed by atoms with Crippen LogP contribution in [0.4, 0.5) is 32.6 Å². The number of nitrogens with one attached hydrogen (secondary N) is 6. The van der Waals surface area contributed by atoms with Gasteiger partial charge in [-0.25, -0.2) is 45.2 Å². The Morgan fingerprint density at radius 3 is 1.33 bits per heavy atom. The standard InChI is InChI=1S/C37H40N6O6S.C33H38N6O6S/c1-37(2,3)33-25-34(43(40-33)27-15-13-26(14-16-27)35(44)41-50(46,47)28-9-5-4-6-10-28)39-36(45)38-31-17-18-32(30-12-8-7-11-29(30)31)49-24-21-42-19-22-48-23-20-42;1-33(2,3)29-23-30(35-32(41)34-25-11-15-27(16-12-25)45-22-19-38-17-20-44-21-18-38)39(36-29)26-13-9-24(10-14-26)31(40)37-46(42,43)28-7-5-4-6-8-28/h4-18,25H,19-24H2,1-3H3,(H,41,44)(H2,38,39,45);4-16,23H,17-22H2,1-3H3,(H,37,40)(H2,34,35,41). The van der Waals surface area contributed by atoms with Crippen molar-refractivity contribution in [3.63, 3.8) is 0 Å². The van der Waals surface area contributed by atoms with Crippen LogP contribution in [0, 0.1) is 0 Å². The number of urea groups is 2. The van der Waals surface area contributed by atoms with Gasteiger partial charge in [-0.3, -0.25) is 30.0 Å². The molecule has 0 spiro atoms. The number of ether oxygens (including phenoxy) is 4. The van der Waals surface area contributed by atoms with Crippen LogP contribution in [0.25, 0.3) is 22.1 Å². The van der Waals surface area contributed by atoms with E-state index in [4.69, 9.17) is 29.1 Å². The monoisotopic (exact) mass is 1340 g/mol. The molecule has 26 heteroatoms. The molecule has 2 aliphatic rings. The largest absolute Gasteiger partial charge is 0.492 e. The van der Waals surface area contributed by atoms with Crippen LogP contribution in [0.1, 0.15) is 73.6 Å². The number of hydrogen-bond acceptors (Lipinski definition) is 16. The van der Waals surface area contributed by atoms with Crippen molar-refractivity contribution in [3.8, 4) is 22.9 Å². The van der Waals surface area contributed by atoms with Gasteiger partial charge in [0.25, 0.3) is 31.9 Å². The topological polar surface area (TPSA) is 288 Å². The summed E-state index contributed by atoms with van der Waals surface area (Å²) in [4.78, 5) is 56.7. The van der Waals surface area contributed by atoms with E-state index in [1.807, 2.05) is 77.9 Å². The van der Waals surface area contributed by atoms with Crippen molar-refractivity contribution < 1.29 is 55.0 Å². The molecular formula is C70H78N12O12S2. The van der Waals surface area contributed by atoms with Crippen LogP contribution in [-0.4, -0.2) is 149 Å². The summed E-state index contributed by atoms with van der Waals surface area (Å²) in [7, 11) is -8.06. The summed E-state index contributed by atoms with van der Waals surface area (Å²) in [5.41, 5.74) is 3.41. The number of rotatable bonds is 20. The third kappa shape index (κ3) is 18.3. The maximum absolute atomic E-state index is 13.5. The number of anilines is 4. The Morgan fingerprint density at radius 2 is 0.885 bits per heavy atom. The molecule has 2 fully saturated rings. The minimum absolute atomic E-state index is 0.0102. The maximum Gasteiger partial charge on any atom is 0.324 e. The van der Waals surface area contributed by atoms with Gasteiger partial charge in [0.1, 0.15) is 36.3 Å². The quantitative estimate of drug-likeness (QED) is 0.0413. The molecule has 2 aromatic heterocycles. The number of hydrogen-bond donors (Lipinski definition) is 6. The highest BCUT2D eigenvalue weighted by atomic mass is 32.2. The van der Waals surface area contributed by atoms with E-state index in [-0.39, 0.29) is 31.7 Å². The first-order valence-electron chi connectivity index (χ1n) is 31.3. The van der Waals surface area contributed by atoms with Crippen LogP contribution in [0.5, 0.6) is 11.5 Å². The first-order valence-corrected chi connectivity index (χ1v) is 34.2. The maximum atomic E-state index is 13.5. The van der Waals surface area contributed by atoms with Crippen LogP contribution in [0.2, 0.25) is 0 Å². The van der Waals surface area contributed by atoms with E-state index in [0.717, 1.165) is 93.6 Å². The van der Waals surface area contributed by atoms with Crippen molar-refractivity contribution in [1.82, 2.24) is 38.8 Å². The first kappa shape index (κ1) is 68.9. The molecule has 502 valence electrons. The first-order chi connectivity index (χ1) is 46.0. The highest BCUT2D eigenvalue weighted by Crippen LogP contribution is 2.33. The molecule has 2 saturated heterocycles. The third-order valence-corrected chi connectivity index (χ3v) is 18.2. The second-order valence-corrected chi connectivity index (χ2v) is 28.1. The third-order valence-electron chi connectivity index (χ3n) is 15.5. The minimum atomic E-state index is -4.04. The molecule has 0 radical (unpaired) electrons. The molecule has 0 aliphatic carbocycles. The molecule has 4 heterocycles. The van der Waals surface area contributed by atoms with Crippen molar-refractivity contribution in [2.24, 2.45) is 0 Å². The molecule has 2 aliphatic heterocycles. The van der Waals surface area contributed by atoms with Gasteiger partial charge >= 0.3 is 12.1 Å². The Hall–Kier alpha value is -9.96. The van der Waals surface area contributed by atoms with Crippen LogP contribution < -0.4 is 40.2 Å². The van der Waals surface area contributed by atoms with Gasteiger partial charge in [-0.1, -0.05) is 102 Å². The van der Waals surface area contributed by atoms with Gasteiger partial charge in [-0.15, -0.1) is 0 Å². The van der Waals surface area contributed by atoms with Gasteiger partial charge in [0.2, 0.25) is 0 Å². The van der Waals surface area contributed by atoms with Crippen molar-refractivity contribution in [2.75, 3.05) is 100 Å². The fourth-order valence-electron chi connectivity index (χ4n) is 10.2. The van der Waals surface area contributed by atoms with E-state index in [9.17, 15) is 36.0 Å².